The highest BCUT2D eigenvalue weighted by molar-refractivity contribution is 5.76. The minimum absolute atomic E-state index is 0.0227. The lowest BCUT2D eigenvalue weighted by molar-refractivity contribution is -0.136. The Balaban J connectivity index is 2.00. The molecule has 0 aliphatic carbocycles. The number of fused-ring (bicyclic) bond motifs is 2. The Labute approximate surface area is 154 Å². The molecule has 1 aliphatic heterocycles. The second-order valence-corrected chi connectivity index (χ2v) is 6.96. The summed E-state index contributed by atoms with van der Waals surface area (Å²) in [5.41, 5.74) is 5.47. The lowest BCUT2D eigenvalue weighted by Crippen LogP contribution is -2.12. The van der Waals surface area contributed by atoms with Gasteiger partial charge in [-0.15, -0.1) is 0 Å². The fraction of sp³-hybridized carbons (Fsp3) is 0.318. The predicted molar refractivity (Wildman–Crippen MR) is 103 cm³/mol. The molecule has 0 saturated carbocycles. The van der Waals surface area contributed by atoms with Crippen LogP contribution in [0.2, 0.25) is 0 Å². The van der Waals surface area contributed by atoms with Gasteiger partial charge in [0.25, 0.3) is 0 Å². The van der Waals surface area contributed by atoms with Crippen molar-refractivity contribution in [3.05, 3.63) is 70.8 Å². The van der Waals surface area contributed by atoms with Gasteiger partial charge < -0.3 is 14.7 Å². The fourth-order valence-corrected chi connectivity index (χ4v) is 3.24. The van der Waals surface area contributed by atoms with Gasteiger partial charge in [-0.25, -0.2) is 0 Å². The number of rotatable bonds is 5. The van der Waals surface area contributed by atoms with Crippen LogP contribution in [0.5, 0.6) is 5.75 Å². The summed E-state index contributed by atoms with van der Waals surface area (Å²) in [6.07, 6.45) is 4.05. The Kier molecular flexibility index (Phi) is 5.74. The van der Waals surface area contributed by atoms with E-state index in [0.717, 1.165) is 36.3 Å². The molecule has 0 aromatic heterocycles. The zero-order valence-electron chi connectivity index (χ0n) is 15.4. The van der Waals surface area contributed by atoms with E-state index in [0.29, 0.717) is 6.61 Å². The molecule has 0 bridgehead atoms. The standard InChI is InChI=1S/C22H25NO3/c1-23(2)11-5-8-18-14-17-6-3-4-7-19(17)15-26-21-10-9-16(12-20(18)21)13-22(24)25/h3-4,6-10,12H,5,11,13-15H2,1-2H3,(H,24,25)/b18-8-. The lowest BCUT2D eigenvalue weighted by Gasteiger charge is -2.21. The maximum Gasteiger partial charge on any atom is 0.307 e. The first kappa shape index (κ1) is 18.2. The molecule has 4 heteroatoms. The summed E-state index contributed by atoms with van der Waals surface area (Å²) in [7, 11) is 4.13. The van der Waals surface area contributed by atoms with Gasteiger partial charge in [-0.1, -0.05) is 36.4 Å². The molecule has 0 spiro atoms. The van der Waals surface area contributed by atoms with Crippen LogP contribution in [0.4, 0.5) is 0 Å². The third-order valence-corrected chi connectivity index (χ3v) is 4.59. The molecule has 0 radical (unpaired) electrons. The Hall–Kier alpha value is -2.59. The van der Waals surface area contributed by atoms with Gasteiger partial charge in [0.2, 0.25) is 0 Å². The third kappa shape index (κ3) is 4.52. The molecule has 0 unspecified atom stereocenters. The predicted octanol–water partition coefficient (Wildman–Crippen LogP) is 3.78. The van der Waals surface area contributed by atoms with Crippen LogP contribution in [0, 0.1) is 0 Å². The largest absolute Gasteiger partial charge is 0.488 e. The molecule has 1 aliphatic rings. The summed E-state index contributed by atoms with van der Waals surface area (Å²) < 4.78 is 6.07. The van der Waals surface area contributed by atoms with Gasteiger partial charge in [-0.05, 0) is 61.3 Å². The minimum atomic E-state index is -0.819. The van der Waals surface area contributed by atoms with Crippen molar-refractivity contribution in [1.82, 2.24) is 4.90 Å². The van der Waals surface area contributed by atoms with Crippen LogP contribution in [0.15, 0.2) is 48.5 Å². The molecule has 0 saturated heterocycles. The van der Waals surface area contributed by atoms with Crippen molar-refractivity contribution < 1.29 is 14.6 Å². The highest BCUT2D eigenvalue weighted by atomic mass is 16.5. The summed E-state index contributed by atoms with van der Waals surface area (Å²) in [5, 5.41) is 9.12. The van der Waals surface area contributed by atoms with Crippen LogP contribution in [-0.2, 0) is 24.2 Å². The van der Waals surface area contributed by atoms with Crippen molar-refractivity contribution in [3.63, 3.8) is 0 Å². The first-order valence-electron chi connectivity index (χ1n) is 8.91. The highest BCUT2D eigenvalue weighted by Gasteiger charge is 2.17. The number of carboxylic acids is 1. The molecular formula is C22H25NO3. The van der Waals surface area contributed by atoms with Crippen molar-refractivity contribution in [3.8, 4) is 5.75 Å². The summed E-state index contributed by atoms with van der Waals surface area (Å²) in [6, 6.07) is 14.1. The summed E-state index contributed by atoms with van der Waals surface area (Å²) in [5.74, 6) is 0.00457. The molecule has 26 heavy (non-hydrogen) atoms. The van der Waals surface area contributed by atoms with Gasteiger partial charge in [0.15, 0.2) is 0 Å². The average molecular weight is 351 g/mol. The van der Waals surface area contributed by atoms with Gasteiger partial charge in [-0.2, -0.15) is 0 Å². The topological polar surface area (TPSA) is 49.8 Å². The molecular weight excluding hydrogens is 326 g/mol. The van der Waals surface area contributed by atoms with Crippen molar-refractivity contribution in [2.24, 2.45) is 0 Å². The normalized spacial score (nSPS) is 15.0. The molecule has 2 aromatic rings. The first-order valence-corrected chi connectivity index (χ1v) is 8.91. The zero-order valence-corrected chi connectivity index (χ0v) is 15.4. The third-order valence-electron chi connectivity index (χ3n) is 4.59. The van der Waals surface area contributed by atoms with E-state index in [1.54, 1.807) is 0 Å². The molecule has 4 nitrogen and oxygen atoms in total. The first-order chi connectivity index (χ1) is 12.5. The van der Waals surface area contributed by atoms with E-state index in [-0.39, 0.29) is 6.42 Å². The minimum Gasteiger partial charge on any atom is -0.488 e. The number of allylic oxidation sites excluding steroid dienone is 1. The maximum atomic E-state index is 11.1. The van der Waals surface area contributed by atoms with Crippen LogP contribution in [0.1, 0.15) is 28.7 Å². The monoisotopic (exact) mass is 351 g/mol. The van der Waals surface area contributed by atoms with Gasteiger partial charge in [0.05, 0.1) is 6.42 Å². The van der Waals surface area contributed by atoms with E-state index in [2.05, 4.69) is 43.3 Å². The quantitative estimate of drug-likeness (QED) is 0.890. The van der Waals surface area contributed by atoms with E-state index in [9.17, 15) is 4.79 Å². The smallest absolute Gasteiger partial charge is 0.307 e. The maximum absolute atomic E-state index is 11.1. The van der Waals surface area contributed by atoms with Crippen LogP contribution < -0.4 is 4.74 Å². The van der Waals surface area contributed by atoms with Gasteiger partial charge in [-0.3, -0.25) is 4.79 Å². The van der Waals surface area contributed by atoms with Crippen molar-refractivity contribution >= 4 is 11.5 Å². The summed E-state index contributed by atoms with van der Waals surface area (Å²) in [4.78, 5) is 13.3. The number of carboxylic acid groups (broad SMARTS) is 1. The van der Waals surface area contributed by atoms with Gasteiger partial charge in [0, 0.05) is 12.1 Å². The van der Waals surface area contributed by atoms with Crippen LogP contribution >= 0.6 is 0 Å². The SMILES string of the molecule is CN(C)CC/C=C1/Cc2ccccc2COc2ccc(CC(=O)O)cc21. The van der Waals surface area contributed by atoms with Crippen molar-refractivity contribution in [1.29, 1.82) is 0 Å². The average Bonchev–Trinajstić information content (AvgIpc) is 2.58. The van der Waals surface area contributed by atoms with E-state index in [1.165, 1.54) is 16.7 Å². The Bertz CT molecular complexity index is 824. The van der Waals surface area contributed by atoms with Crippen LogP contribution in [-0.4, -0.2) is 36.6 Å². The summed E-state index contributed by atoms with van der Waals surface area (Å²) in [6.45, 7) is 1.50. The molecule has 0 amide bonds. The second kappa shape index (κ2) is 8.19. The summed E-state index contributed by atoms with van der Waals surface area (Å²) >= 11 is 0. The van der Waals surface area contributed by atoms with Crippen molar-refractivity contribution in [2.45, 2.75) is 25.9 Å². The van der Waals surface area contributed by atoms with Crippen LogP contribution in [0.3, 0.4) is 0 Å². The number of benzene rings is 2. The Morgan fingerprint density at radius 3 is 2.69 bits per heavy atom. The second-order valence-electron chi connectivity index (χ2n) is 6.96. The van der Waals surface area contributed by atoms with Gasteiger partial charge in [0.1, 0.15) is 12.4 Å². The number of hydrogen-bond donors (Lipinski definition) is 1. The van der Waals surface area contributed by atoms with Crippen LogP contribution in [0.25, 0.3) is 5.57 Å². The highest BCUT2D eigenvalue weighted by Crippen LogP contribution is 2.34. The molecule has 3 rings (SSSR count). The van der Waals surface area contributed by atoms with E-state index < -0.39 is 5.97 Å². The number of hydrogen-bond acceptors (Lipinski definition) is 3. The van der Waals surface area contributed by atoms with E-state index >= 15 is 0 Å². The zero-order chi connectivity index (χ0) is 18.5. The fourth-order valence-electron chi connectivity index (χ4n) is 3.24. The molecule has 0 atom stereocenters. The molecule has 0 fully saturated rings. The molecule has 2 aromatic carbocycles. The Morgan fingerprint density at radius 1 is 1.19 bits per heavy atom. The number of ether oxygens (including phenoxy) is 1. The number of carbonyl (C=O) groups is 1. The van der Waals surface area contributed by atoms with Crippen molar-refractivity contribution in [2.75, 3.05) is 20.6 Å². The molecule has 1 N–H and O–H groups in total. The molecule has 136 valence electrons. The number of aliphatic carboxylic acids is 1. The lowest BCUT2D eigenvalue weighted by atomic mass is 9.91. The Morgan fingerprint density at radius 2 is 1.96 bits per heavy atom. The van der Waals surface area contributed by atoms with Gasteiger partial charge >= 0.3 is 5.97 Å². The van der Waals surface area contributed by atoms with E-state index in [4.69, 9.17) is 9.84 Å². The molecule has 1 heterocycles. The van der Waals surface area contributed by atoms with E-state index in [1.807, 2.05) is 24.3 Å². The number of nitrogens with zero attached hydrogens (tertiary/aromatic N) is 1.